The van der Waals surface area contributed by atoms with Crippen molar-refractivity contribution in [1.82, 2.24) is 9.55 Å². The Bertz CT molecular complexity index is 1140. The molecule has 1 heterocycles. The molecular formula is C23H23N3O3. The maximum atomic E-state index is 5.48. The summed E-state index contributed by atoms with van der Waals surface area (Å²) in [5.41, 5.74) is 4.99. The van der Waals surface area contributed by atoms with E-state index in [0.29, 0.717) is 6.54 Å². The first-order valence-electron chi connectivity index (χ1n) is 9.28. The monoisotopic (exact) mass is 389 g/mol. The topological polar surface area (TPSA) is 57.5 Å². The number of rotatable bonds is 7. The van der Waals surface area contributed by atoms with Crippen LogP contribution in [0.15, 0.2) is 67.0 Å². The largest absolute Gasteiger partial charge is 0.495 e. The summed E-state index contributed by atoms with van der Waals surface area (Å²) < 4.78 is 18.2. The molecule has 6 heteroatoms. The van der Waals surface area contributed by atoms with Crippen molar-refractivity contribution in [2.24, 2.45) is 0 Å². The molecule has 0 fully saturated rings. The van der Waals surface area contributed by atoms with E-state index < -0.39 is 0 Å². The molecule has 1 N–H and O–H groups in total. The van der Waals surface area contributed by atoms with Crippen molar-refractivity contribution in [2.45, 2.75) is 6.54 Å². The van der Waals surface area contributed by atoms with Crippen molar-refractivity contribution >= 4 is 16.7 Å². The maximum absolute atomic E-state index is 5.48. The molecule has 0 saturated heterocycles. The average molecular weight is 389 g/mol. The molecule has 0 aliphatic heterocycles. The second-order valence-corrected chi connectivity index (χ2v) is 6.53. The number of hydrogen-bond acceptors (Lipinski definition) is 5. The number of fused-ring (bicyclic) bond motifs is 1. The highest BCUT2D eigenvalue weighted by atomic mass is 16.5. The van der Waals surface area contributed by atoms with E-state index >= 15 is 0 Å². The maximum Gasteiger partial charge on any atom is 0.161 e. The van der Waals surface area contributed by atoms with Crippen molar-refractivity contribution in [1.29, 1.82) is 0 Å². The third kappa shape index (κ3) is 3.69. The van der Waals surface area contributed by atoms with Crippen molar-refractivity contribution in [3.8, 4) is 22.9 Å². The Morgan fingerprint density at radius 2 is 1.62 bits per heavy atom. The molecule has 0 aliphatic carbocycles. The van der Waals surface area contributed by atoms with E-state index in [1.165, 1.54) is 0 Å². The molecule has 0 radical (unpaired) electrons. The number of ether oxygens (including phenoxy) is 3. The summed E-state index contributed by atoms with van der Waals surface area (Å²) in [6, 6.07) is 20.0. The zero-order valence-corrected chi connectivity index (χ0v) is 16.7. The highest BCUT2D eigenvalue weighted by Crippen LogP contribution is 2.29. The van der Waals surface area contributed by atoms with Crippen LogP contribution in [0.1, 0.15) is 5.56 Å². The third-order valence-electron chi connectivity index (χ3n) is 4.84. The number of nitrogens with zero attached hydrogens (tertiary/aromatic N) is 2. The number of anilines is 1. The highest BCUT2D eigenvalue weighted by molar-refractivity contribution is 5.81. The zero-order chi connectivity index (χ0) is 20.2. The van der Waals surface area contributed by atoms with Gasteiger partial charge in [-0.25, -0.2) is 4.98 Å². The van der Waals surface area contributed by atoms with Gasteiger partial charge in [-0.05, 0) is 48.0 Å². The van der Waals surface area contributed by atoms with Crippen LogP contribution in [0, 0.1) is 0 Å². The van der Waals surface area contributed by atoms with Crippen LogP contribution in [0.3, 0.4) is 0 Å². The van der Waals surface area contributed by atoms with Crippen LogP contribution in [-0.4, -0.2) is 30.9 Å². The lowest BCUT2D eigenvalue weighted by molar-refractivity contribution is 0.354. The first kappa shape index (κ1) is 18.7. The fraction of sp³-hybridized carbons (Fsp3) is 0.174. The van der Waals surface area contributed by atoms with E-state index in [2.05, 4.69) is 22.4 Å². The second-order valence-electron chi connectivity index (χ2n) is 6.53. The Balaban J connectivity index is 1.56. The Kier molecular flexibility index (Phi) is 5.24. The minimum absolute atomic E-state index is 0.666. The number of imidazole rings is 1. The molecule has 0 bridgehead atoms. The quantitative estimate of drug-likeness (QED) is 0.498. The number of benzene rings is 3. The fourth-order valence-corrected chi connectivity index (χ4v) is 3.34. The first-order valence-corrected chi connectivity index (χ1v) is 9.28. The molecule has 0 saturated carbocycles. The van der Waals surface area contributed by atoms with E-state index in [4.69, 9.17) is 14.2 Å². The Hall–Kier alpha value is -3.67. The molecular weight excluding hydrogens is 366 g/mol. The molecule has 148 valence electrons. The van der Waals surface area contributed by atoms with E-state index in [-0.39, 0.29) is 0 Å². The van der Waals surface area contributed by atoms with Gasteiger partial charge in [0, 0.05) is 12.2 Å². The van der Waals surface area contributed by atoms with Gasteiger partial charge >= 0.3 is 0 Å². The van der Waals surface area contributed by atoms with Crippen LogP contribution in [0.25, 0.3) is 16.7 Å². The molecule has 0 spiro atoms. The SMILES string of the molecule is COc1ccc(CNc2ccc3c(c2)ncn3-c2ccccc2OC)cc1OC. The number of aromatic nitrogens is 2. The van der Waals surface area contributed by atoms with Gasteiger partial charge in [0.25, 0.3) is 0 Å². The summed E-state index contributed by atoms with van der Waals surface area (Å²) in [5, 5.41) is 3.44. The number of methoxy groups -OCH3 is 3. The summed E-state index contributed by atoms with van der Waals surface area (Å²) in [4.78, 5) is 4.57. The summed E-state index contributed by atoms with van der Waals surface area (Å²) in [5.74, 6) is 2.25. The molecule has 3 aromatic carbocycles. The predicted molar refractivity (Wildman–Crippen MR) is 114 cm³/mol. The minimum atomic E-state index is 0.666. The van der Waals surface area contributed by atoms with Crippen LogP contribution in [0.4, 0.5) is 5.69 Å². The van der Waals surface area contributed by atoms with Crippen LogP contribution < -0.4 is 19.5 Å². The third-order valence-corrected chi connectivity index (χ3v) is 4.84. The van der Waals surface area contributed by atoms with E-state index in [1.54, 1.807) is 21.3 Å². The van der Waals surface area contributed by atoms with Crippen molar-refractivity contribution in [3.05, 3.63) is 72.6 Å². The standard InChI is InChI=1S/C23H23N3O3/c1-27-21-7-5-4-6-20(21)26-15-25-18-13-17(9-10-19(18)26)24-14-16-8-11-22(28-2)23(12-16)29-3/h4-13,15,24H,14H2,1-3H3. The van der Waals surface area contributed by atoms with Gasteiger partial charge in [-0.1, -0.05) is 18.2 Å². The Labute approximate surface area is 169 Å². The van der Waals surface area contributed by atoms with Gasteiger partial charge in [0.05, 0.1) is 38.1 Å². The van der Waals surface area contributed by atoms with Crippen LogP contribution in [0.2, 0.25) is 0 Å². The van der Waals surface area contributed by atoms with Crippen molar-refractivity contribution in [2.75, 3.05) is 26.6 Å². The predicted octanol–water partition coefficient (Wildman–Crippen LogP) is 4.66. The number of nitrogens with one attached hydrogen (secondary N) is 1. The normalized spacial score (nSPS) is 10.7. The Morgan fingerprint density at radius 3 is 2.41 bits per heavy atom. The molecule has 4 aromatic rings. The summed E-state index contributed by atoms with van der Waals surface area (Å²) in [6.45, 7) is 0.666. The molecule has 0 atom stereocenters. The molecule has 0 aliphatic rings. The zero-order valence-electron chi connectivity index (χ0n) is 16.7. The van der Waals surface area contributed by atoms with Crippen LogP contribution >= 0.6 is 0 Å². The van der Waals surface area contributed by atoms with Crippen molar-refractivity contribution < 1.29 is 14.2 Å². The number of hydrogen-bond donors (Lipinski definition) is 1. The minimum Gasteiger partial charge on any atom is -0.495 e. The molecule has 6 nitrogen and oxygen atoms in total. The lowest BCUT2D eigenvalue weighted by Gasteiger charge is -2.12. The fourth-order valence-electron chi connectivity index (χ4n) is 3.34. The van der Waals surface area contributed by atoms with Gasteiger partial charge in [-0.2, -0.15) is 0 Å². The molecule has 0 unspecified atom stereocenters. The van der Waals surface area contributed by atoms with Crippen LogP contribution in [0.5, 0.6) is 17.2 Å². The van der Waals surface area contributed by atoms with Gasteiger partial charge in [-0.15, -0.1) is 0 Å². The average Bonchev–Trinajstić information content (AvgIpc) is 3.20. The van der Waals surface area contributed by atoms with Gasteiger partial charge in [-0.3, -0.25) is 4.57 Å². The highest BCUT2D eigenvalue weighted by Gasteiger charge is 2.10. The summed E-state index contributed by atoms with van der Waals surface area (Å²) >= 11 is 0. The smallest absolute Gasteiger partial charge is 0.161 e. The van der Waals surface area contributed by atoms with E-state index in [1.807, 2.05) is 59.4 Å². The number of para-hydroxylation sites is 2. The summed E-state index contributed by atoms with van der Waals surface area (Å²) in [7, 11) is 4.95. The van der Waals surface area contributed by atoms with Gasteiger partial charge in [0.1, 0.15) is 12.1 Å². The van der Waals surface area contributed by atoms with Gasteiger partial charge in [0.2, 0.25) is 0 Å². The summed E-state index contributed by atoms with van der Waals surface area (Å²) in [6.07, 6.45) is 1.82. The van der Waals surface area contributed by atoms with Gasteiger partial charge < -0.3 is 19.5 Å². The molecule has 29 heavy (non-hydrogen) atoms. The Morgan fingerprint density at radius 1 is 0.828 bits per heavy atom. The van der Waals surface area contributed by atoms with Crippen molar-refractivity contribution in [3.63, 3.8) is 0 Å². The lowest BCUT2D eigenvalue weighted by atomic mass is 10.2. The first-order chi connectivity index (χ1) is 14.2. The molecule has 4 rings (SSSR count). The second kappa shape index (κ2) is 8.14. The van der Waals surface area contributed by atoms with Crippen LogP contribution in [-0.2, 0) is 6.54 Å². The molecule has 0 amide bonds. The van der Waals surface area contributed by atoms with E-state index in [9.17, 15) is 0 Å². The molecule has 1 aromatic heterocycles. The van der Waals surface area contributed by atoms with Gasteiger partial charge in [0.15, 0.2) is 11.5 Å². The van der Waals surface area contributed by atoms with E-state index in [0.717, 1.165) is 45.2 Å². The lowest BCUT2D eigenvalue weighted by Crippen LogP contribution is -2.01.